The highest BCUT2D eigenvalue weighted by atomic mass is 32.2. The number of hydrogen-bond donors (Lipinski definition) is 1. The number of nitrogens with one attached hydrogen (secondary N) is 1. The van der Waals surface area contributed by atoms with Crippen molar-refractivity contribution in [2.75, 3.05) is 16.6 Å². The molecule has 132 valence electrons. The monoisotopic (exact) mass is 361 g/mol. The summed E-state index contributed by atoms with van der Waals surface area (Å²) in [6, 6.07) is 10.4. The molecular formula is C17H19N3O4S. The van der Waals surface area contributed by atoms with Gasteiger partial charge in [-0.2, -0.15) is 0 Å². The number of hydrogen-bond acceptors (Lipinski definition) is 5. The molecule has 1 aromatic carbocycles. The minimum Gasteiger partial charge on any atom is -0.476 e. The quantitative estimate of drug-likeness (QED) is 0.868. The maximum Gasteiger partial charge on any atom is 0.263 e. The molecule has 0 radical (unpaired) electrons. The standard InChI is InChI=1S/C17H19N3O4S/c1-2-25(22,23)20-12-16(24-15-6-4-3-5-14(15)20)17(21)19-11-13-7-9-18-10-8-13/h3-10,16H,2,11-12H2,1H3,(H,19,21)/t16-/m1/s1. The zero-order chi connectivity index (χ0) is 17.9. The zero-order valence-electron chi connectivity index (χ0n) is 13.8. The average molecular weight is 361 g/mol. The first-order chi connectivity index (χ1) is 12.0. The summed E-state index contributed by atoms with van der Waals surface area (Å²) in [5.74, 6) is -0.0235. The summed E-state index contributed by atoms with van der Waals surface area (Å²) in [4.78, 5) is 16.4. The third kappa shape index (κ3) is 3.74. The SMILES string of the molecule is CCS(=O)(=O)N1C[C@H](C(=O)NCc2ccncc2)Oc2ccccc21. The molecule has 2 aromatic rings. The van der Waals surface area contributed by atoms with Crippen molar-refractivity contribution in [3.63, 3.8) is 0 Å². The van der Waals surface area contributed by atoms with Gasteiger partial charge in [0, 0.05) is 18.9 Å². The van der Waals surface area contributed by atoms with Crippen LogP contribution in [0.1, 0.15) is 12.5 Å². The van der Waals surface area contributed by atoms with Crippen molar-refractivity contribution in [3.05, 3.63) is 54.4 Å². The van der Waals surface area contributed by atoms with Gasteiger partial charge in [0.15, 0.2) is 6.10 Å². The Balaban J connectivity index is 1.78. The molecular weight excluding hydrogens is 342 g/mol. The van der Waals surface area contributed by atoms with Crippen LogP contribution in [0.3, 0.4) is 0 Å². The summed E-state index contributed by atoms with van der Waals surface area (Å²) in [6.45, 7) is 1.85. The van der Waals surface area contributed by atoms with Gasteiger partial charge in [0.05, 0.1) is 18.0 Å². The van der Waals surface area contributed by atoms with Crippen molar-refractivity contribution in [2.45, 2.75) is 19.6 Å². The molecule has 25 heavy (non-hydrogen) atoms. The fourth-order valence-corrected chi connectivity index (χ4v) is 3.69. The molecule has 0 fully saturated rings. The number of sulfonamides is 1. The van der Waals surface area contributed by atoms with Gasteiger partial charge >= 0.3 is 0 Å². The number of pyridine rings is 1. The second-order valence-electron chi connectivity index (χ2n) is 5.58. The van der Waals surface area contributed by atoms with E-state index >= 15 is 0 Å². The highest BCUT2D eigenvalue weighted by molar-refractivity contribution is 7.92. The lowest BCUT2D eigenvalue weighted by atomic mass is 10.2. The number of rotatable bonds is 5. The van der Waals surface area contributed by atoms with E-state index in [-0.39, 0.29) is 18.2 Å². The van der Waals surface area contributed by atoms with Gasteiger partial charge in [-0.15, -0.1) is 0 Å². The fraction of sp³-hybridized carbons (Fsp3) is 0.294. The van der Waals surface area contributed by atoms with Crippen LogP contribution in [-0.2, 0) is 21.4 Å². The van der Waals surface area contributed by atoms with E-state index in [1.807, 2.05) is 0 Å². The van der Waals surface area contributed by atoms with E-state index in [1.165, 1.54) is 4.31 Å². The van der Waals surface area contributed by atoms with Gasteiger partial charge in [0.2, 0.25) is 10.0 Å². The number of aromatic nitrogens is 1. The van der Waals surface area contributed by atoms with Gasteiger partial charge in [0.1, 0.15) is 5.75 Å². The van der Waals surface area contributed by atoms with E-state index in [2.05, 4.69) is 10.3 Å². The van der Waals surface area contributed by atoms with Crippen LogP contribution in [0.2, 0.25) is 0 Å². The molecule has 3 rings (SSSR count). The molecule has 1 aliphatic heterocycles. The molecule has 1 N–H and O–H groups in total. The van der Waals surface area contributed by atoms with Crippen molar-refractivity contribution in [3.8, 4) is 5.75 Å². The molecule has 0 spiro atoms. The first-order valence-electron chi connectivity index (χ1n) is 7.94. The topological polar surface area (TPSA) is 88.6 Å². The van der Waals surface area contributed by atoms with Gasteiger partial charge in [-0.3, -0.25) is 14.1 Å². The Morgan fingerprint density at radius 3 is 2.72 bits per heavy atom. The third-order valence-electron chi connectivity index (χ3n) is 3.94. The van der Waals surface area contributed by atoms with Crippen molar-refractivity contribution in [2.24, 2.45) is 0 Å². The number of nitrogens with zero attached hydrogens (tertiary/aromatic N) is 2. The molecule has 0 bridgehead atoms. The Morgan fingerprint density at radius 2 is 2.00 bits per heavy atom. The molecule has 0 aliphatic carbocycles. The van der Waals surface area contributed by atoms with Gasteiger partial charge < -0.3 is 10.1 Å². The van der Waals surface area contributed by atoms with Crippen LogP contribution in [0.15, 0.2) is 48.8 Å². The van der Waals surface area contributed by atoms with Crippen molar-refractivity contribution in [1.82, 2.24) is 10.3 Å². The lowest BCUT2D eigenvalue weighted by Gasteiger charge is -2.34. The van der Waals surface area contributed by atoms with Crippen LogP contribution in [0.25, 0.3) is 0 Å². The number of benzene rings is 1. The predicted molar refractivity (Wildman–Crippen MR) is 93.7 cm³/mol. The van der Waals surface area contributed by atoms with E-state index in [1.54, 1.807) is 55.7 Å². The maximum atomic E-state index is 12.5. The van der Waals surface area contributed by atoms with Gasteiger partial charge in [-0.25, -0.2) is 8.42 Å². The number of carbonyl (C=O) groups excluding carboxylic acids is 1. The van der Waals surface area contributed by atoms with Crippen molar-refractivity contribution in [1.29, 1.82) is 0 Å². The van der Waals surface area contributed by atoms with Crippen LogP contribution in [0.5, 0.6) is 5.75 Å². The van der Waals surface area contributed by atoms with Crippen LogP contribution in [0, 0.1) is 0 Å². The molecule has 2 heterocycles. The largest absolute Gasteiger partial charge is 0.476 e. The lowest BCUT2D eigenvalue weighted by Crippen LogP contribution is -2.50. The first kappa shape index (κ1) is 17.2. The summed E-state index contributed by atoms with van der Waals surface area (Å²) in [5, 5.41) is 2.78. The Bertz CT molecular complexity index is 855. The summed E-state index contributed by atoms with van der Waals surface area (Å²) < 4.78 is 31.8. The van der Waals surface area contributed by atoms with Crippen molar-refractivity contribution >= 4 is 21.6 Å². The highest BCUT2D eigenvalue weighted by Gasteiger charge is 2.35. The normalized spacial score (nSPS) is 16.7. The lowest BCUT2D eigenvalue weighted by molar-refractivity contribution is -0.127. The molecule has 0 saturated heterocycles. The van der Waals surface area contributed by atoms with Gasteiger partial charge in [-0.05, 0) is 36.8 Å². The molecule has 1 amide bonds. The molecule has 1 aliphatic rings. The first-order valence-corrected chi connectivity index (χ1v) is 9.55. The van der Waals surface area contributed by atoms with Crippen LogP contribution >= 0.6 is 0 Å². The number of amides is 1. The number of carbonyl (C=O) groups is 1. The van der Waals surface area contributed by atoms with E-state index in [0.29, 0.717) is 18.0 Å². The smallest absolute Gasteiger partial charge is 0.263 e. The van der Waals surface area contributed by atoms with Crippen LogP contribution in [-0.4, -0.2) is 37.7 Å². The van der Waals surface area contributed by atoms with E-state index < -0.39 is 16.1 Å². The molecule has 1 aromatic heterocycles. The molecule has 1 atom stereocenters. The second kappa shape index (κ2) is 7.10. The number of anilines is 1. The minimum atomic E-state index is -3.50. The average Bonchev–Trinajstić information content (AvgIpc) is 2.66. The summed E-state index contributed by atoms with van der Waals surface area (Å²) in [6.07, 6.45) is 2.38. The van der Waals surface area contributed by atoms with E-state index in [9.17, 15) is 13.2 Å². The Morgan fingerprint density at radius 1 is 1.28 bits per heavy atom. The maximum absolute atomic E-state index is 12.5. The Kier molecular flexibility index (Phi) is 4.89. The molecule has 8 heteroatoms. The number of para-hydroxylation sites is 2. The third-order valence-corrected chi connectivity index (χ3v) is 5.69. The van der Waals surface area contributed by atoms with Crippen molar-refractivity contribution < 1.29 is 17.9 Å². The Hall–Kier alpha value is -2.61. The zero-order valence-corrected chi connectivity index (χ0v) is 14.6. The minimum absolute atomic E-state index is 0.0463. The molecule has 0 saturated carbocycles. The van der Waals surface area contributed by atoms with Crippen LogP contribution in [0.4, 0.5) is 5.69 Å². The second-order valence-corrected chi connectivity index (χ2v) is 7.76. The molecule has 7 nitrogen and oxygen atoms in total. The highest BCUT2D eigenvalue weighted by Crippen LogP contribution is 2.35. The van der Waals surface area contributed by atoms with E-state index in [0.717, 1.165) is 5.56 Å². The summed E-state index contributed by atoms with van der Waals surface area (Å²) in [5.41, 5.74) is 1.36. The Labute approximate surface area is 146 Å². The predicted octanol–water partition coefficient (Wildman–Crippen LogP) is 1.32. The van der Waals surface area contributed by atoms with Crippen LogP contribution < -0.4 is 14.4 Å². The molecule has 0 unspecified atom stereocenters. The number of fused-ring (bicyclic) bond motifs is 1. The van der Waals surface area contributed by atoms with Gasteiger partial charge in [0.25, 0.3) is 5.91 Å². The number of ether oxygens (including phenoxy) is 1. The summed E-state index contributed by atoms with van der Waals surface area (Å²) in [7, 11) is -3.50. The fourth-order valence-electron chi connectivity index (χ4n) is 2.56. The van der Waals surface area contributed by atoms with E-state index in [4.69, 9.17) is 4.74 Å². The van der Waals surface area contributed by atoms with Gasteiger partial charge in [-0.1, -0.05) is 12.1 Å². The summed E-state index contributed by atoms with van der Waals surface area (Å²) >= 11 is 0.